The number of piperazine rings is 2. The third kappa shape index (κ3) is 9.17. The first-order valence-corrected chi connectivity index (χ1v) is 18.0. The van der Waals surface area contributed by atoms with E-state index in [2.05, 4.69) is 23.7 Å². The highest BCUT2D eigenvalue weighted by Crippen LogP contribution is 2.31. The van der Waals surface area contributed by atoms with Crippen molar-refractivity contribution in [3.05, 3.63) is 35.4 Å². The van der Waals surface area contributed by atoms with Gasteiger partial charge in [0.05, 0.1) is 0 Å². The van der Waals surface area contributed by atoms with Crippen LogP contribution in [0.3, 0.4) is 0 Å². The number of benzene rings is 1. The molecule has 2 aliphatic heterocycles. The molecule has 4 aliphatic rings. The van der Waals surface area contributed by atoms with Crippen molar-refractivity contribution in [3.63, 3.8) is 0 Å². The lowest BCUT2D eigenvalue weighted by Gasteiger charge is -2.37. The van der Waals surface area contributed by atoms with Gasteiger partial charge in [-0.15, -0.1) is 0 Å². The van der Waals surface area contributed by atoms with Crippen molar-refractivity contribution >= 4 is 35.2 Å². The third-order valence-electron chi connectivity index (χ3n) is 10.8. The molecule has 0 radical (unpaired) electrons. The highest BCUT2D eigenvalue weighted by molar-refractivity contribution is 6.21. The summed E-state index contributed by atoms with van der Waals surface area (Å²) in [5.74, 6) is 8.30. The summed E-state index contributed by atoms with van der Waals surface area (Å²) < 4.78 is 0. The van der Waals surface area contributed by atoms with E-state index < -0.39 is 23.4 Å². The molecule has 2 saturated carbocycles. The van der Waals surface area contributed by atoms with Crippen molar-refractivity contribution in [1.82, 2.24) is 19.6 Å². The van der Waals surface area contributed by atoms with Gasteiger partial charge in [0.1, 0.15) is 0 Å². The molecule has 2 heterocycles. The normalized spacial score (nSPS) is 23.9. The second-order valence-electron chi connectivity index (χ2n) is 13.8. The molecule has 50 heavy (non-hydrogen) atoms. The van der Waals surface area contributed by atoms with Gasteiger partial charge in [-0.1, -0.05) is 12.1 Å². The van der Waals surface area contributed by atoms with E-state index in [-0.39, 0.29) is 34.8 Å². The average Bonchev–Trinajstić information content (AvgIpc) is 3.18. The quantitative estimate of drug-likeness (QED) is 0.254. The predicted octanol–water partition coefficient (Wildman–Crippen LogP) is 0.931. The molecule has 0 spiro atoms. The van der Waals surface area contributed by atoms with Gasteiger partial charge < -0.3 is 31.1 Å². The van der Waals surface area contributed by atoms with Gasteiger partial charge in [-0.25, -0.2) is 0 Å². The summed E-state index contributed by atoms with van der Waals surface area (Å²) >= 11 is 0. The Kier molecular flexibility index (Phi) is 12.8. The maximum absolute atomic E-state index is 13.0. The minimum absolute atomic E-state index is 0.00693. The maximum Gasteiger partial charge on any atom is 0.299 e. The molecular weight excluding hydrogens is 636 g/mol. The summed E-state index contributed by atoms with van der Waals surface area (Å²) in [6, 6.07) is 6.02. The highest BCUT2D eigenvalue weighted by atomic mass is 16.2. The van der Waals surface area contributed by atoms with Crippen molar-refractivity contribution in [2.75, 3.05) is 65.4 Å². The molecule has 12 nitrogen and oxygen atoms in total. The topological polar surface area (TPSA) is 167 Å². The largest absolute Gasteiger partial charge is 0.339 e. The van der Waals surface area contributed by atoms with Gasteiger partial charge in [0.25, 0.3) is 11.8 Å². The second kappa shape index (κ2) is 17.4. The molecule has 4 N–H and O–H groups in total. The van der Waals surface area contributed by atoms with Gasteiger partial charge in [0, 0.05) is 87.2 Å². The molecule has 266 valence electrons. The van der Waals surface area contributed by atoms with Crippen LogP contribution in [-0.4, -0.2) is 120 Å². The number of carbonyl (C=O) groups excluding carboxylic acids is 6. The van der Waals surface area contributed by atoms with Crippen molar-refractivity contribution in [1.29, 1.82) is 0 Å². The lowest BCUT2D eigenvalue weighted by molar-refractivity contribution is -0.141. The minimum Gasteiger partial charge on any atom is -0.339 e. The molecule has 2 aliphatic carbocycles. The fraction of sp³-hybridized carbons (Fsp3) is 0.579. The van der Waals surface area contributed by atoms with E-state index in [1.54, 1.807) is 21.9 Å². The summed E-state index contributed by atoms with van der Waals surface area (Å²) in [7, 11) is 0. The fourth-order valence-corrected chi connectivity index (χ4v) is 7.46. The number of rotatable bonds is 6. The molecular formula is C38H48N6O6. The van der Waals surface area contributed by atoms with E-state index in [0.29, 0.717) is 77.3 Å². The summed E-state index contributed by atoms with van der Waals surface area (Å²) in [4.78, 5) is 84.3. The first-order valence-electron chi connectivity index (χ1n) is 18.0. The van der Waals surface area contributed by atoms with Crippen LogP contribution >= 0.6 is 0 Å². The van der Waals surface area contributed by atoms with E-state index in [9.17, 15) is 28.8 Å². The van der Waals surface area contributed by atoms with E-state index in [4.69, 9.17) is 11.5 Å². The highest BCUT2D eigenvalue weighted by Gasteiger charge is 2.33. The first-order chi connectivity index (χ1) is 24.2. The number of hydrogen-bond donors (Lipinski definition) is 2. The summed E-state index contributed by atoms with van der Waals surface area (Å²) in [5, 5.41) is 0. The third-order valence-corrected chi connectivity index (χ3v) is 10.8. The number of nitrogens with zero attached hydrogens (tertiary/aromatic N) is 4. The van der Waals surface area contributed by atoms with Gasteiger partial charge in [-0.05, 0) is 100 Å². The maximum atomic E-state index is 13.0. The molecule has 5 rings (SSSR count). The van der Waals surface area contributed by atoms with Crippen LogP contribution in [0.5, 0.6) is 0 Å². The fourth-order valence-electron chi connectivity index (χ4n) is 7.46. The minimum atomic E-state index is -0.713. The Morgan fingerprint density at radius 2 is 0.820 bits per heavy atom. The van der Waals surface area contributed by atoms with Crippen LogP contribution in [0, 0.1) is 47.4 Å². The molecule has 1 aromatic rings. The van der Waals surface area contributed by atoms with Crippen LogP contribution in [0.25, 0.3) is 0 Å². The zero-order valence-corrected chi connectivity index (χ0v) is 28.7. The molecule has 0 bridgehead atoms. The first kappa shape index (κ1) is 36.8. The lowest BCUT2D eigenvalue weighted by atomic mass is 9.81. The number of nitrogens with two attached hydrogens (primary N) is 2. The average molecular weight is 685 g/mol. The molecule has 0 aromatic heterocycles. The Labute approximate surface area is 294 Å². The van der Waals surface area contributed by atoms with Crippen LogP contribution in [0.1, 0.15) is 72.1 Å². The van der Waals surface area contributed by atoms with E-state index in [0.717, 1.165) is 51.4 Å². The second-order valence-corrected chi connectivity index (χ2v) is 13.8. The van der Waals surface area contributed by atoms with Gasteiger partial charge in [0.2, 0.25) is 23.4 Å². The summed E-state index contributed by atoms with van der Waals surface area (Å²) in [6.07, 6.45) is 7.24. The van der Waals surface area contributed by atoms with Gasteiger partial charge in [-0.2, -0.15) is 0 Å². The van der Waals surface area contributed by atoms with Gasteiger partial charge in [0.15, 0.2) is 0 Å². The van der Waals surface area contributed by atoms with Gasteiger partial charge >= 0.3 is 0 Å². The van der Waals surface area contributed by atoms with E-state index >= 15 is 0 Å². The Morgan fingerprint density at radius 1 is 0.500 bits per heavy atom. The summed E-state index contributed by atoms with van der Waals surface area (Å²) in [5.41, 5.74) is 11.5. The molecule has 0 unspecified atom stereocenters. The number of hydrogen-bond acceptors (Lipinski definition) is 8. The zero-order chi connectivity index (χ0) is 35.6. The van der Waals surface area contributed by atoms with Crippen molar-refractivity contribution in [3.8, 4) is 23.7 Å². The van der Waals surface area contributed by atoms with E-state index in [1.807, 2.05) is 0 Å². The number of carbonyl (C=O) groups is 6. The standard InChI is InChI=1S/C38H48N6O6/c39-25-27-5-9-29(10-6-27)37(49)43-21-17-41(18-22-43)35(47)15-13-33(45)31-3-1-2-4-32(31)34(46)14-16-36(48)42-19-23-44(24-20-42)38(50)30-11-7-28(26-40)8-12-30/h1-4,27-30H,5-12,17-26,39-40H2/t27-,28-,29-,30-. The van der Waals surface area contributed by atoms with Crippen molar-refractivity contribution < 1.29 is 28.8 Å². The smallest absolute Gasteiger partial charge is 0.299 e. The van der Waals surface area contributed by atoms with Crippen LogP contribution in [-0.2, 0) is 19.2 Å². The summed E-state index contributed by atoms with van der Waals surface area (Å²) in [6.45, 7) is 4.26. The number of Topliss-reactive ketones (excluding diaryl/α,β-unsaturated/α-hetero) is 2. The van der Waals surface area contributed by atoms with Crippen LogP contribution in [0.2, 0.25) is 0 Å². The molecule has 4 fully saturated rings. The van der Waals surface area contributed by atoms with Crippen LogP contribution in [0.15, 0.2) is 24.3 Å². The predicted molar refractivity (Wildman–Crippen MR) is 186 cm³/mol. The Bertz CT molecular complexity index is 1450. The van der Waals surface area contributed by atoms with Crippen molar-refractivity contribution in [2.45, 2.75) is 51.4 Å². The van der Waals surface area contributed by atoms with Crippen LogP contribution in [0.4, 0.5) is 0 Å². The van der Waals surface area contributed by atoms with Crippen LogP contribution < -0.4 is 11.5 Å². The molecule has 12 heteroatoms. The molecule has 0 atom stereocenters. The Hall–Kier alpha value is -4.52. The zero-order valence-electron chi connectivity index (χ0n) is 28.7. The van der Waals surface area contributed by atoms with Gasteiger partial charge in [-0.3, -0.25) is 28.8 Å². The monoisotopic (exact) mass is 684 g/mol. The Morgan fingerprint density at radius 3 is 1.14 bits per heavy atom. The van der Waals surface area contributed by atoms with Crippen molar-refractivity contribution in [2.24, 2.45) is 35.1 Å². The number of ketones is 2. The number of amides is 4. The van der Waals surface area contributed by atoms with E-state index in [1.165, 1.54) is 21.9 Å². The molecule has 2 saturated heterocycles. The SMILES string of the molecule is NC[C@H]1CC[C@H](C(=O)N2CCN(C(=O)C#CC(=O)c3ccccc3C(=O)C#CC(=O)N3CCN(C(=O)[C@H]4CC[C@H](CN)CC4)CC3)CC2)CC1. The molecule has 1 aromatic carbocycles. The Balaban J connectivity index is 1.10. The lowest BCUT2D eigenvalue weighted by Crippen LogP contribution is -2.52. The molecule has 4 amide bonds.